The average molecular weight is 701 g/mol. The van der Waals surface area contributed by atoms with Crippen molar-refractivity contribution in [3.8, 4) is 33.6 Å². The molecule has 0 N–H and O–H groups in total. The van der Waals surface area contributed by atoms with E-state index in [-0.39, 0.29) is 0 Å². The SMILES string of the molecule is c1ccc(-n2c3ccccc3c3cc(-c4ccc5c6ccccc6n(-c6ccc7cc(-c8ccc9c(c8)oc8ccccc89)ccc7c6)c5c4)ccc32)cc1. The summed E-state index contributed by atoms with van der Waals surface area (Å²) in [6.07, 6.45) is 0. The van der Waals surface area contributed by atoms with Gasteiger partial charge in [0.15, 0.2) is 0 Å². The van der Waals surface area contributed by atoms with Gasteiger partial charge in [0.05, 0.1) is 22.1 Å². The standard InChI is InChI=1S/C52H32N2O/c1-2-10-39(11-3-1)53-48-16-8-5-13-42(48)46-30-36(23-27-49(46)53)37-21-25-43-41-12-4-7-15-47(41)54(50(43)31-37)40-24-20-34-28-33(18-19-35(34)29-40)38-22-26-45-44-14-6-9-17-51(44)55-52(45)32-38/h1-32H. The topological polar surface area (TPSA) is 23.0 Å². The smallest absolute Gasteiger partial charge is 0.136 e. The molecule has 0 saturated heterocycles. The van der Waals surface area contributed by atoms with E-state index in [1.807, 2.05) is 12.1 Å². The fourth-order valence-electron chi connectivity index (χ4n) is 8.89. The predicted molar refractivity (Wildman–Crippen MR) is 231 cm³/mol. The number of aromatic nitrogens is 2. The zero-order valence-electron chi connectivity index (χ0n) is 29.8. The summed E-state index contributed by atoms with van der Waals surface area (Å²) in [5, 5.41) is 9.72. The third-order valence-electron chi connectivity index (χ3n) is 11.5. The van der Waals surface area contributed by atoms with Crippen LogP contribution in [0.1, 0.15) is 0 Å². The molecule has 12 rings (SSSR count). The summed E-state index contributed by atoms with van der Waals surface area (Å²) in [5.74, 6) is 0. The van der Waals surface area contributed by atoms with Gasteiger partial charge in [-0.25, -0.2) is 0 Å². The number of furan rings is 1. The highest BCUT2D eigenvalue weighted by atomic mass is 16.3. The molecule has 3 nitrogen and oxygen atoms in total. The van der Waals surface area contributed by atoms with Crippen LogP contribution in [0.4, 0.5) is 0 Å². The fraction of sp³-hybridized carbons (Fsp3) is 0. The third kappa shape index (κ3) is 4.57. The first-order valence-corrected chi connectivity index (χ1v) is 18.8. The van der Waals surface area contributed by atoms with Gasteiger partial charge >= 0.3 is 0 Å². The first kappa shape index (κ1) is 30.1. The summed E-state index contributed by atoms with van der Waals surface area (Å²) in [6.45, 7) is 0. The van der Waals surface area contributed by atoms with Gasteiger partial charge in [-0.3, -0.25) is 0 Å². The molecule has 3 heteroatoms. The van der Waals surface area contributed by atoms with Crippen molar-refractivity contribution in [3.63, 3.8) is 0 Å². The molecular formula is C52H32N2O. The van der Waals surface area contributed by atoms with E-state index in [0.29, 0.717) is 0 Å². The number of hydrogen-bond donors (Lipinski definition) is 0. The van der Waals surface area contributed by atoms with Gasteiger partial charge in [0.2, 0.25) is 0 Å². The third-order valence-corrected chi connectivity index (χ3v) is 11.5. The summed E-state index contributed by atoms with van der Waals surface area (Å²) in [4.78, 5) is 0. The number of rotatable bonds is 4. The van der Waals surface area contributed by atoms with Crippen molar-refractivity contribution in [1.82, 2.24) is 9.13 Å². The van der Waals surface area contributed by atoms with Gasteiger partial charge in [0, 0.05) is 43.7 Å². The molecule has 0 aliphatic carbocycles. The molecule has 0 unspecified atom stereocenters. The lowest BCUT2D eigenvalue weighted by molar-refractivity contribution is 0.669. The quantitative estimate of drug-likeness (QED) is 0.179. The number of benzene rings is 9. The van der Waals surface area contributed by atoms with Gasteiger partial charge in [-0.2, -0.15) is 0 Å². The highest BCUT2D eigenvalue weighted by molar-refractivity contribution is 6.13. The van der Waals surface area contributed by atoms with Crippen LogP contribution in [0.2, 0.25) is 0 Å². The number of fused-ring (bicyclic) bond motifs is 10. The van der Waals surface area contributed by atoms with E-state index >= 15 is 0 Å². The van der Waals surface area contributed by atoms with Crippen molar-refractivity contribution in [1.29, 1.82) is 0 Å². The van der Waals surface area contributed by atoms with E-state index in [1.165, 1.54) is 76.8 Å². The second kappa shape index (κ2) is 11.6. The Bertz CT molecular complexity index is 3490. The highest BCUT2D eigenvalue weighted by Gasteiger charge is 2.17. The van der Waals surface area contributed by atoms with Gasteiger partial charge in [0.25, 0.3) is 0 Å². The first-order chi connectivity index (χ1) is 27.2. The van der Waals surface area contributed by atoms with Crippen LogP contribution < -0.4 is 0 Å². The molecule has 9 aromatic carbocycles. The molecule has 0 aliphatic heterocycles. The Morgan fingerprint density at radius 2 is 0.800 bits per heavy atom. The van der Waals surface area contributed by atoms with Crippen LogP contribution in [0, 0.1) is 0 Å². The Morgan fingerprint density at radius 1 is 0.273 bits per heavy atom. The summed E-state index contributed by atoms with van der Waals surface area (Å²) in [6, 6.07) is 70.4. The molecule has 0 amide bonds. The normalized spacial score (nSPS) is 12.0. The molecule has 0 spiro atoms. The highest BCUT2D eigenvalue weighted by Crippen LogP contribution is 2.39. The molecule has 3 aromatic heterocycles. The lowest BCUT2D eigenvalue weighted by Gasteiger charge is -2.12. The average Bonchev–Trinajstić information content (AvgIpc) is 3.90. The Kier molecular flexibility index (Phi) is 6.34. The van der Waals surface area contributed by atoms with Gasteiger partial charge in [-0.05, 0) is 112 Å². The molecule has 0 atom stereocenters. The van der Waals surface area contributed by atoms with Crippen LogP contribution in [0.25, 0.3) is 110 Å². The summed E-state index contributed by atoms with van der Waals surface area (Å²) < 4.78 is 11.0. The molecule has 0 fully saturated rings. The Morgan fingerprint density at radius 3 is 1.64 bits per heavy atom. The van der Waals surface area contributed by atoms with Crippen molar-refractivity contribution in [2.75, 3.05) is 0 Å². The van der Waals surface area contributed by atoms with Crippen LogP contribution in [-0.2, 0) is 0 Å². The first-order valence-electron chi connectivity index (χ1n) is 18.8. The minimum absolute atomic E-state index is 0.915. The van der Waals surface area contributed by atoms with Crippen molar-refractivity contribution in [2.24, 2.45) is 0 Å². The van der Waals surface area contributed by atoms with Crippen molar-refractivity contribution >= 4 is 76.3 Å². The van der Waals surface area contributed by atoms with Crippen LogP contribution in [-0.4, -0.2) is 9.13 Å². The van der Waals surface area contributed by atoms with Gasteiger partial charge in [-0.15, -0.1) is 0 Å². The van der Waals surface area contributed by atoms with E-state index in [0.717, 1.165) is 33.2 Å². The molecule has 55 heavy (non-hydrogen) atoms. The molecular weight excluding hydrogens is 669 g/mol. The van der Waals surface area contributed by atoms with Gasteiger partial charge in [-0.1, -0.05) is 115 Å². The van der Waals surface area contributed by atoms with E-state index in [9.17, 15) is 0 Å². The second-order valence-electron chi connectivity index (χ2n) is 14.6. The molecule has 0 radical (unpaired) electrons. The van der Waals surface area contributed by atoms with Crippen molar-refractivity contribution in [2.45, 2.75) is 0 Å². The molecule has 0 saturated carbocycles. The maximum Gasteiger partial charge on any atom is 0.136 e. The van der Waals surface area contributed by atoms with E-state index in [1.54, 1.807) is 0 Å². The monoisotopic (exact) mass is 700 g/mol. The summed E-state index contributed by atoms with van der Waals surface area (Å²) in [5.41, 5.74) is 13.7. The minimum Gasteiger partial charge on any atom is -0.456 e. The maximum absolute atomic E-state index is 6.22. The molecule has 12 aromatic rings. The number of hydrogen-bond acceptors (Lipinski definition) is 1. The van der Waals surface area contributed by atoms with Gasteiger partial charge < -0.3 is 13.6 Å². The molecule has 0 bridgehead atoms. The zero-order chi connectivity index (χ0) is 36.0. The minimum atomic E-state index is 0.915. The van der Waals surface area contributed by atoms with Crippen LogP contribution in [0.5, 0.6) is 0 Å². The Balaban J connectivity index is 0.980. The fourth-order valence-corrected chi connectivity index (χ4v) is 8.89. The van der Waals surface area contributed by atoms with E-state index in [4.69, 9.17) is 4.42 Å². The van der Waals surface area contributed by atoms with Crippen LogP contribution in [0.15, 0.2) is 199 Å². The van der Waals surface area contributed by atoms with Crippen molar-refractivity contribution < 1.29 is 4.42 Å². The number of para-hydroxylation sites is 4. The summed E-state index contributed by atoms with van der Waals surface area (Å²) in [7, 11) is 0. The molecule has 0 aliphatic rings. The lowest BCUT2D eigenvalue weighted by atomic mass is 9.99. The largest absolute Gasteiger partial charge is 0.456 e. The van der Waals surface area contributed by atoms with Crippen molar-refractivity contribution in [3.05, 3.63) is 194 Å². The van der Waals surface area contributed by atoms with Gasteiger partial charge in [0.1, 0.15) is 11.2 Å². The predicted octanol–water partition coefficient (Wildman–Crippen LogP) is 14.3. The summed E-state index contributed by atoms with van der Waals surface area (Å²) >= 11 is 0. The zero-order valence-corrected chi connectivity index (χ0v) is 29.8. The van der Waals surface area contributed by atoms with E-state index in [2.05, 4.69) is 191 Å². The van der Waals surface area contributed by atoms with Crippen LogP contribution >= 0.6 is 0 Å². The Hall–Kier alpha value is -7.36. The Labute approximate surface area is 316 Å². The molecule has 3 heterocycles. The molecule has 256 valence electrons. The maximum atomic E-state index is 6.22. The lowest BCUT2D eigenvalue weighted by Crippen LogP contribution is -1.94. The number of nitrogens with zero attached hydrogens (tertiary/aromatic N) is 2. The second-order valence-corrected chi connectivity index (χ2v) is 14.6. The van der Waals surface area contributed by atoms with E-state index < -0.39 is 0 Å². The van der Waals surface area contributed by atoms with Crippen LogP contribution in [0.3, 0.4) is 0 Å².